The van der Waals surface area contributed by atoms with Crippen molar-refractivity contribution in [3.05, 3.63) is 71.8 Å². The highest BCUT2D eigenvalue weighted by Crippen LogP contribution is 2.16. The lowest BCUT2D eigenvalue weighted by molar-refractivity contribution is -0.139. The van der Waals surface area contributed by atoms with Crippen LogP contribution in [-0.2, 0) is 41.6 Å². The number of nitrogens with zero attached hydrogens (tertiary/aromatic N) is 1. The number of carbonyl (C=O) groups excluding carboxylic acids is 6. The molecular formula is C39H59N9O6. The average Bonchev–Trinajstić information content (AvgIpc) is 3.14. The smallest absolute Gasteiger partial charge is 0.245 e. The van der Waals surface area contributed by atoms with Gasteiger partial charge >= 0.3 is 0 Å². The zero-order valence-corrected chi connectivity index (χ0v) is 31.5. The van der Waals surface area contributed by atoms with Crippen molar-refractivity contribution in [1.29, 1.82) is 0 Å². The Labute approximate surface area is 318 Å². The van der Waals surface area contributed by atoms with Gasteiger partial charge in [-0.1, -0.05) is 74.5 Å². The van der Waals surface area contributed by atoms with Crippen molar-refractivity contribution in [2.45, 2.75) is 108 Å². The van der Waals surface area contributed by atoms with E-state index in [4.69, 9.17) is 22.9 Å². The maximum atomic E-state index is 14.0. The summed E-state index contributed by atoms with van der Waals surface area (Å²) in [6, 6.07) is 13.5. The van der Waals surface area contributed by atoms with Gasteiger partial charge in [0.2, 0.25) is 35.4 Å². The van der Waals surface area contributed by atoms with E-state index in [9.17, 15) is 28.8 Å². The van der Waals surface area contributed by atoms with Gasteiger partial charge in [0, 0.05) is 25.6 Å². The second kappa shape index (κ2) is 22.4. The molecule has 5 atom stereocenters. The highest BCUT2D eigenvalue weighted by atomic mass is 16.2. The first-order chi connectivity index (χ1) is 25.8. The van der Waals surface area contributed by atoms with E-state index in [0.717, 1.165) is 11.1 Å². The summed E-state index contributed by atoms with van der Waals surface area (Å²) in [6.07, 6.45) is 2.96. The number of hydrogen-bond acceptors (Lipinski definition) is 9. The van der Waals surface area contributed by atoms with Crippen LogP contribution >= 0.6 is 0 Å². The quantitative estimate of drug-likeness (QED) is 0.0781. The van der Waals surface area contributed by atoms with Gasteiger partial charge in [0.15, 0.2) is 0 Å². The van der Waals surface area contributed by atoms with E-state index in [1.165, 1.54) is 0 Å². The summed E-state index contributed by atoms with van der Waals surface area (Å²) in [5.41, 5.74) is 24.6. The fourth-order valence-corrected chi connectivity index (χ4v) is 6.38. The van der Waals surface area contributed by atoms with Crippen LogP contribution in [0, 0.1) is 5.92 Å². The summed E-state index contributed by atoms with van der Waals surface area (Å²) < 4.78 is 0. The molecule has 1 fully saturated rings. The minimum absolute atomic E-state index is 0.000713. The van der Waals surface area contributed by atoms with E-state index in [0.29, 0.717) is 51.7 Å². The Morgan fingerprint density at radius 3 is 1.80 bits per heavy atom. The number of likely N-dealkylation sites (tertiary alicyclic amines) is 1. The molecule has 1 saturated heterocycles. The molecule has 0 aliphatic carbocycles. The Balaban J connectivity index is 1.72. The molecule has 15 heteroatoms. The van der Waals surface area contributed by atoms with E-state index < -0.39 is 59.7 Å². The maximum absolute atomic E-state index is 14.0. The third kappa shape index (κ3) is 14.9. The Morgan fingerprint density at radius 1 is 0.704 bits per heavy atom. The molecule has 15 nitrogen and oxygen atoms in total. The third-order valence-corrected chi connectivity index (χ3v) is 9.36. The highest BCUT2D eigenvalue weighted by Gasteiger charge is 2.34. The molecule has 1 aliphatic heterocycles. The second-order valence-corrected chi connectivity index (χ2v) is 14.5. The number of amides is 6. The molecule has 0 bridgehead atoms. The highest BCUT2D eigenvalue weighted by molar-refractivity contribution is 5.95. The fourth-order valence-electron chi connectivity index (χ4n) is 6.38. The van der Waals surface area contributed by atoms with Crippen LogP contribution in [0.4, 0.5) is 0 Å². The number of carbonyl (C=O) groups is 6. The first-order valence-corrected chi connectivity index (χ1v) is 18.8. The standard InChI is InChI=1S/C39H59N9O6/c1-25(2)21-32(47-38(53)33(23-27-13-7-4-8-14-27)46-36(51)29(41)22-26-11-5-3-6-12-26)37(52)45-31(15-9-10-18-40)39(54)48-19-16-28(17-20-48)44-35(50)30(42)24-34(43)49/h3-8,11-14,25,28-33H,9-10,15-24,40-42H2,1-2H3,(H2,43,49)(H,44,50)(H,45,52)(H,46,51)(H,47,53)/t29-,30+,31-,32-,33-/m1/s1. The number of rotatable bonds is 21. The van der Waals surface area contributed by atoms with Crippen molar-refractivity contribution in [1.82, 2.24) is 26.2 Å². The molecule has 2 aromatic carbocycles. The van der Waals surface area contributed by atoms with Gasteiger partial charge in [0.05, 0.1) is 18.5 Å². The lowest BCUT2D eigenvalue weighted by atomic mass is 9.99. The Kier molecular flexibility index (Phi) is 18.0. The molecule has 12 N–H and O–H groups in total. The van der Waals surface area contributed by atoms with Crippen molar-refractivity contribution in [2.24, 2.45) is 28.9 Å². The largest absolute Gasteiger partial charge is 0.370 e. The molecule has 0 spiro atoms. The van der Waals surface area contributed by atoms with E-state index in [1.54, 1.807) is 4.90 Å². The number of nitrogens with two attached hydrogens (primary N) is 4. The lowest BCUT2D eigenvalue weighted by Gasteiger charge is -2.35. The molecule has 54 heavy (non-hydrogen) atoms. The van der Waals surface area contributed by atoms with Gasteiger partial charge < -0.3 is 49.1 Å². The van der Waals surface area contributed by atoms with E-state index >= 15 is 0 Å². The summed E-state index contributed by atoms with van der Waals surface area (Å²) in [7, 11) is 0. The summed E-state index contributed by atoms with van der Waals surface area (Å²) in [6.45, 7) is 4.93. The van der Waals surface area contributed by atoms with Gasteiger partial charge in [0.1, 0.15) is 18.1 Å². The van der Waals surface area contributed by atoms with Crippen molar-refractivity contribution < 1.29 is 28.8 Å². The molecule has 296 valence electrons. The fraction of sp³-hybridized carbons (Fsp3) is 0.538. The van der Waals surface area contributed by atoms with E-state index in [2.05, 4.69) is 21.3 Å². The number of piperidine rings is 1. The molecule has 6 amide bonds. The van der Waals surface area contributed by atoms with Gasteiger partial charge in [-0.05, 0) is 68.5 Å². The van der Waals surface area contributed by atoms with Crippen LogP contribution in [0.15, 0.2) is 60.7 Å². The zero-order chi connectivity index (χ0) is 39.6. The SMILES string of the molecule is CC(C)C[C@@H](NC(=O)[C@@H](Cc1ccccc1)NC(=O)[C@H](N)Cc1ccccc1)C(=O)N[C@H](CCCCN)C(=O)N1CCC(NC(=O)[C@@H](N)CC(N)=O)CC1. The predicted octanol–water partition coefficient (Wildman–Crippen LogP) is -0.261. The van der Waals surface area contributed by atoms with Gasteiger partial charge in [-0.25, -0.2) is 0 Å². The molecule has 1 heterocycles. The van der Waals surface area contributed by atoms with Gasteiger partial charge in [-0.15, -0.1) is 0 Å². The molecule has 0 unspecified atom stereocenters. The summed E-state index contributed by atoms with van der Waals surface area (Å²) in [5.74, 6) is -2.99. The first-order valence-electron chi connectivity index (χ1n) is 18.8. The topological polar surface area (TPSA) is 258 Å². The van der Waals surface area contributed by atoms with Crippen LogP contribution in [0.5, 0.6) is 0 Å². The number of primary amides is 1. The Hall–Kier alpha value is -4.86. The van der Waals surface area contributed by atoms with Gasteiger partial charge in [0.25, 0.3) is 0 Å². The lowest BCUT2D eigenvalue weighted by Crippen LogP contribution is -2.59. The molecule has 0 radical (unpaired) electrons. The predicted molar refractivity (Wildman–Crippen MR) is 206 cm³/mol. The Bertz CT molecular complexity index is 1520. The molecule has 1 aliphatic rings. The zero-order valence-electron chi connectivity index (χ0n) is 31.5. The van der Waals surface area contributed by atoms with Crippen LogP contribution in [0.3, 0.4) is 0 Å². The number of benzene rings is 2. The molecular weight excluding hydrogens is 690 g/mol. The third-order valence-electron chi connectivity index (χ3n) is 9.36. The molecule has 3 rings (SSSR count). The van der Waals surface area contributed by atoms with Crippen LogP contribution in [0.25, 0.3) is 0 Å². The second-order valence-electron chi connectivity index (χ2n) is 14.5. The number of unbranched alkanes of at least 4 members (excludes halogenated alkanes) is 1. The van der Waals surface area contributed by atoms with Crippen LogP contribution in [0.1, 0.15) is 69.9 Å². The van der Waals surface area contributed by atoms with Crippen molar-refractivity contribution in [3.8, 4) is 0 Å². The van der Waals surface area contributed by atoms with Crippen LogP contribution in [0.2, 0.25) is 0 Å². The summed E-state index contributed by atoms with van der Waals surface area (Å²) in [5, 5.41) is 11.4. The van der Waals surface area contributed by atoms with Crippen molar-refractivity contribution in [3.63, 3.8) is 0 Å². The van der Waals surface area contributed by atoms with Crippen LogP contribution in [-0.4, -0.2) is 96.2 Å². The first kappa shape index (κ1) is 43.5. The summed E-state index contributed by atoms with van der Waals surface area (Å²) >= 11 is 0. The van der Waals surface area contributed by atoms with Crippen LogP contribution < -0.4 is 44.2 Å². The van der Waals surface area contributed by atoms with Crippen molar-refractivity contribution >= 4 is 35.4 Å². The Morgan fingerprint density at radius 2 is 1.24 bits per heavy atom. The number of nitrogens with one attached hydrogen (secondary N) is 4. The molecule has 2 aromatic rings. The summed E-state index contributed by atoms with van der Waals surface area (Å²) in [4.78, 5) is 80.3. The average molecular weight is 750 g/mol. The van der Waals surface area contributed by atoms with E-state index in [-0.39, 0.29) is 43.6 Å². The minimum Gasteiger partial charge on any atom is -0.370 e. The molecule has 0 saturated carbocycles. The maximum Gasteiger partial charge on any atom is 0.245 e. The minimum atomic E-state index is -1.05. The van der Waals surface area contributed by atoms with Gasteiger partial charge in [-0.2, -0.15) is 0 Å². The van der Waals surface area contributed by atoms with E-state index in [1.807, 2.05) is 74.5 Å². The number of hydrogen-bond donors (Lipinski definition) is 8. The monoisotopic (exact) mass is 749 g/mol. The molecule has 0 aromatic heterocycles. The normalized spacial score (nSPS) is 16.0. The van der Waals surface area contributed by atoms with Gasteiger partial charge in [-0.3, -0.25) is 28.8 Å². The van der Waals surface area contributed by atoms with Crippen molar-refractivity contribution in [2.75, 3.05) is 19.6 Å².